The van der Waals surface area contributed by atoms with E-state index in [-0.39, 0.29) is 6.03 Å². The van der Waals surface area contributed by atoms with E-state index < -0.39 is 11.4 Å². The molecule has 0 aromatic carbocycles. The maximum absolute atomic E-state index is 12.7. The molecule has 5 heteroatoms. The van der Waals surface area contributed by atoms with Gasteiger partial charge in [0.15, 0.2) is 0 Å². The molecule has 1 saturated heterocycles. The number of hydrogen-bond acceptors (Lipinski definition) is 2. The summed E-state index contributed by atoms with van der Waals surface area (Å²) in [6.45, 7) is 8.66. The smallest absolute Gasteiger partial charge is 0.320 e. The molecule has 1 aliphatic rings. The van der Waals surface area contributed by atoms with Gasteiger partial charge in [0.05, 0.1) is 5.41 Å². The Morgan fingerprint density at radius 2 is 1.76 bits per heavy atom. The number of carboxylic acids is 1. The van der Waals surface area contributed by atoms with E-state index in [1.165, 1.54) is 0 Å². The number of likely N-dealkylation sites (tertiary alicyclic amines) is 1. The molecule has 1 fully saturated rings. The first kappa shape index (κ1) is 17.8. The zero-order chi connectivity index (χ0) is 15.9. The maximum atomic E-state index is 12.7. The third-order valence-electron chi connectivity index (χ3n) is 4.29. The van der Waals surface area contributed by atoms with E-state index in [0.29, 0.717) is 25.9 Å². The molecule has 1 N–H and O–H groups in total. The van der Waals surface area contributed by atoms with Crippen LogP contribution in [0.5, 0.6) is 0 Å². The Labute approximate surface area is 128 Å². The molecule has 1 aliphatic heterocycles. The number of hydrogen-bond donors (Lipinski definition) is 1. The van der Waals surface area contributed by atoms with Crippen molar-refractivity contribution in [2.45, 2.75) is 59.3 Å². The van der Waals surface area contributed by atoms with Gasteiger partial charge in [0.1, 0.15) is 0 Å². The first-order valence-corrected chi connectivity index (χ1v) is 8.28. The molecule has 0 aromatic rings. The van der Waals surface area contributed by atoms with Gasteiger partial charge in [-0.2, -0.15) is 0 Å². The topological polar surface area (TPSA) is 60.9 Å². The summed E-state index contributed by atoms with van der Waals surface area (Å²) in [7, 11) is 0. The largest absolute Gasteiger partial charge is 0.481 e. The summed E-state index contributed by atoms with van der Waals surface area (Å²) in [6, 6.07) is 0.0140. The molecule has 1 rings (SSSR count). The molecule has 122 valence electrons. The highest BCUT2D eigenvalue weighted by Crippen LogP contribution is 2.35. The predicted octanol–water partition coefficient (Wildman–Crippen LogP) is 3.20. The molecule has 1 heterocycles. The van der Waals surface area contributed by atoms with Gasteiger partial charge in [-0.25, -0.2) is 4.79 Å². The Kier molecular flexibility index (Phi) is 6.99. The molecule has 2 amide bonds. The summed E-state index contributed by atoms with van der Waals surface area (Å²) in [5.74, 6) is -0.751. The first-order chi connectivity index (χ1) is 10.0. The van der Waals surface area contributed by atoms with Crippen molar-refractivity contribution in [3.63, 3.8) is 0 Å². The third kappa shape index (κ3) is 4.35. The Hall–Kier alpha value is -1.26. The average Bonchev–Trinajstić information content (AvgIpc) is 2.46. The quantitative estimate of drug-likeness (QED) is 0.785. The number of amides is 2. The highest BCUT2D eigenvalue weighted by atomic mass is 16.4. The summed E-state index contributed by atoms with van der Waals surface area (Å²) in [6.07, 6.45) is 4.80. The Bertz CT molecular complexity index is 349. The summed E-state index contributed by atoms with van der Waals surface area (Å²) in [5.41, 5.74) is -0.743. The maximum Gasteiger partial charge on any atom is 0.320 e. The lowest BCUT2D eigenvalue weighted by molar-refractivity contribution is -0.152. The van der Waals surface area contributed by atoms with E-state index in [1.54, 1.807) is 4.90 Å². The molecule has 0 bridgehead atoms. The van der Waals surface area contributed by atoms with Gasteiger partial charge in [-0.05, 0) is 32.1 Å². The normalized spacial score (nSPS) is 22.1. The van der Waals surface area contributed by atoms with Crippen LogP contribution in [0.25, 0.3) is 0 Å². The fraction of sp³-hybridized carbons (Fsp3) is 0.875. The van der Waals surface area contributed by atoms with Crippen molar-refractivity contribution in [1.29, 1.82) is 0 Å². The second-order valence-electron chi connectivity index (χ2n) is 6.13. The van der Waals surface area contributed by atoms with Crippen LogP contribution in [0.4, 0.5) is 4.79 Å². The van der Waals surface area contributed by atoms with Crippen LogP contribution in [-0.4, -0.2) is 53.1 Å². The number of rotatable bonds is 7. The molecular weight excluding hydrogens is 268 g/mol. The van der Waals surface area contributed by atoms with Crippen molar-refractivity contribution < 1.29 is 14.7 Å². The van der Waals surface area contributed by atoms with Crippen LogP contribution in [0.1, 0.15) is 59.3 Å². The number of nitrogens with zero attached hydrogens (tertiary/aromatic N) is 2. The van der Waals surface area contributed by atoms with Crippen molar-refractivity contribution >= 4 is 12.0 Å². The van der Waals surface area contributed by atoms with Gasteiger partial charge in [-0.15, -0.1) is 0 Å². The van der Waals surface area contributed by atoms with E-state index in [2.05, 4.69) is 13.8 Å². The fourth-order valence-corrected chi connectivity index (χ4v) is 3.30. The van der Waals surface area contributed by atoms with Gasteiger partial charge in [0.25, 0.3) is 0 Å². The minimum atomic E-state index is -0.751. The van der Waals surface area contributed by atoms with E-state index >= 15 is 0 Å². The summed E-state index contributed by atoms with van der Waals surface area (Å²) in [4.78, 5) is 28.0. The van der Waals surface area contributed by atoms with Crippen LogP contribution < -0.4 is 0 Å². The highest BCUT2D eigenvalue weighted by molar-refractivity contribution is 5.79. The molecule has 0 aromatic heterocycles. The van der Waals surface area contributed by atoms with Crippen LogP contribution in [0.3, 0.4) is 0 Å². The van der Waals surface area contributed by atoms with Crippen molar-refractivity contribution in [1.82, 2.24) is 9.80 Å². The van der Waals surface area contributed by atoms with Crippen LogP contribution in [0.15, 0.2) is 0 Å². The monoisotopic (exact) mass is 298 g/mol. The van der Waals surface area contributed by atoms with Gasteiger partial charge < -0.3 is 14.9 Å². The summed E-state index contributed by atoms with van der Waals surface area (Å²) >= 11 is 0. The summed E-state index contributed by atoms with van der Waals surface area (Å²) in [5, 5.41) is 9.61. The molecule has 0 spiro atoms. The minimum Gasteiger partial charge on any atom is -0.481 e. The molecule has 1 unspecified atom stereocenters. The molecule has 0 radical (unpaired) electrons. The van der Waals surface area contributed by atoms with E-state index in [9.17, 15) is 14.7 Å². The Balaban J connectivity index is 2.82. The molecule has 0 saturated carbocycles. The summed E-state index contributed by atoms with van der Waals surface area (Å²) < 4.78 is 0. The van der Waals surface area contributed by atoms with Crippen LogP contribution in [0.2, 0.25) is 0 Å². The molecule has 1 atom stereocenters. The molecule has 5 nitrogen and oxygen atoms in total. The minimum absolute atomic E-state index is 0.0140. The fourth-order valence-electron chi connectivity index (χ4n) is 3.30. The van der Waals surface area contributed by atoms with Crippen LogP contribution in [0, 0.1) is 5.41 Å². The molecular formula is C16H30N2O3. The standard InChI is InChI=1S/C16H30N2O3/c1-4-8-16(14(19)20)9-7-12-18(13-16)15(21)17(10-5-2)11-6-3/h4-13H2,1-3H3,(H,19,20). The lowest BCUT2D eigenvalue weighted by Crippen LogP contribution is -2.53. The van der Waals surface area contributed by atoms with E-state index in [4.69, 9.17) is 0 Å². The third-order valence-corrected chi connectivity index (χ3v) is 4.29. The van der Waals surface area contributed by atoms with Crippen LogP contribution in [-0.2, 0) is 4.79 Å². The zero-order valence-electron chi connectivity index (χ0n) is 13.7. The molecule has 21 heavy (non-hydrogen) atoms. The van der Waals surface area contributed by atoms with Gasteiger partial charge in [0.2, 0.25) is 0 Å². The number of piperidine rings is 1. The van der Waals surface area contributed by atoms with Gasteiger partial charge >= 0.3 is 12.0 Å². The number of carbonyl (C=O) groups is 2. The second-order valence-corrected chi connectivity index (χ2v) is 6.13. The van der Waals surface area contributed by atoms with E-state index in [0.717, 1.165) is 38.8 Å². The van der Waals surface area contributed by atoms with Crippen molar-refractivity contribution in [3.05, 3.63) is 0 Å². The van der Waals surface area contributed by atoms with Crippen molar-refractivity contribution in [2.75, 3.05) is 26.2 Å². The van der Waals surface area contributed by atoms with Crippen molar-refractivity contribution in [3.8, 4) is 0 Å². The second kappa shape index (κ2) is 8.25. The average molecular weight is 298 g/mol. The van der Waals surface area contributed by atoms with Crippen molar-refractivity contribution in [2.24, 2.45) is 5.41 Å². The number of aliphatic carboxylic acids is 1. The number of carboxylic acid groups (broad SMARTS) is 1. The lowest BCUT2D eigenvalue weighted by atomic mass is 9.76. The highest BCUT2D eigenvalue weighted by Gasteiger charge is 2.43. The first-order valence-electron chi connectivity index (χ1n) is 8.28. The Morgan fingerprint density at radius 1 is 1.14 bits per heavy atom. The number of carbonyl (C=O) groups excluding carboxylic acids is 1. The number of urea groups is 1. The van der Waals surface area contributed by atoms with Gasteiger partial charge in [-0.3, -0.25) is 4.79 Å². The SMILES string of the molecule is CCCN(CCC)C(=O)N1CCCC(CCC)(C(=O)O)C1. The molecule has 0 aliphatic carbocycles. The lowest BCUT2D eigenvalue weighted by Gasteiger charge is -2.41. The predicted molar refractivity (Wildman–Crippen MR) is 83.3 cm³/mol. The zero-order valence-corrected chi connectivity index (χ0v) is 13.7. The van der Waals surface area contributed by atoms with E-state index in [1.807, 2.05) is 11.8 Å². The Morgan fingerprint density at radius 3 is 2.24 bits per heavy atom. The van der Waals surface area contributed by atoms with Gasteiger partial charge in [0, 0.05) is 26.2 Å². The van der Waals surface area contributed by atoms with Crippen LogP contribution >= 0.6 is 0 Å². The van der Waals surface area contributed by atoms with Gasteiger partial charge in [-0.1, -0.05) is 27.2 Å².